The average Bonchev–Trinajstić information content (AvgIpc) is 3.39. The summed E-state index contributed by atoms with van der Waals surface area (Å²) in [6, 6.07) is 23.7. The molecule has 1 fully saturated rings. The predicted molar refractivity (Wildman–Crippen MR) is 149 cm³/mol. The molecule has 196 valence electrons. The van der Waals surface area contributed by atoms with Crippen molar-refractivity contribution in [3.05, 3.63) is 84.3 Å². The SMILES string of the molecule is Cc1nc(-c2cccc(-c3ccc(C(=O)Nc4cccc(OCC5CCN(C(C)C)CC5)c4)cc3)c2)no1. The van der Waals surface area contributed by atoms with Crippen molar-refractivity contribution in [3.63, 3.8) is 0 Å². The third-order valence-electron chi connectivity index (χ3n) is 7.09. The second-order valence-electron chi connectivity index (χ2n) is 10.2. The molecule has 1 aliphatic rings. The maximum Gasteiger partial charge on any atom is 0.255 e. The molecule has 0 aliphatic carbocycles. The number of benzene rings is 3. The topological polar surface area (TPSA) is 80.5 Å². The molecule has 5 rings (SSSR count). The Hall–Kier alpha value is -3.97. The number of hydrogen-bond acceptors (Lipinski definition) is 6. The van der Waals surface area contributed by atoms with Gasteiger partial charge in [0.25, 0.3) is 5.91 Å². The summed E-state index contributed by atoms with van der Waals surface area (Å²) >= 11 is 0. The lowest BCUT2D eigenvalue weighted by molar-refractivity contribution is 0.102. The van der Waals surface area contributed by atoms with E-state index < -0.39 is 0 Å². The number of nitrogens with zero attached hydrogens (tertiary/aromatic N) is 3. The molecule has 1 aliphatic heterocycles. The van der Waals surface area contributed by atoms with Gasteiger partial charge in [-0.05, 0) is 87.2 Å². The number of carbonyl (C=O) groups is 1. The number of nitrogens with one attached hydrogen (secondary N) is 1. The summed E-state index contributed by atoms with van der Waals surface area (Å²) in [7, 11) is 0. The third kappa shape index (κ3) is 6.29. The highest BCUT2D eigenvalue weighted by molar-refractivity contribution is 6.04. The van der Waals surface area contributed by atoms with Crippen molar-refractivity contribution >= 4 is 11.6 Å². The minimum Gasteiger partial charge on any atom is -0.493 e. The van der Waals surface area contributed by atoms with Crippen LogP contribution in [0.5, 0.6) is 5.75 Å². The van der Waals surface area contributed by atoms with Crippen LogP contribution in [-0.4, -0.2) is 46.7 Å². The van der Waals surface area contributed by atoms with Gasteiger partial charge in [0.1, 0.15) is 5.75 Å². The van der Waals surface area contributed by atoms with E-state index in [1.807, 2.05) is 72.8 Å². The van der Waals surface area contributed by atoms with Crippen LogP contribution in [0.2, 0.25) is 0 Å². The average molecular weight is 511 g/mol. The van der Waals surface area contributed by atoms with E-state index in [2.05, 4.69) is 34.2 Å². The highest BCUT2D eigenvalue weighted by Gasteiger charge is 2.21. The lowest BCUT2D eigenvalue weighted by atomic mass is 9.97. The van der Waals surface area contributed by atoms with Crippen molar-refractivity contribution in [1.29, 1.82) is 0 Å². The first-order chi connectivity index (χ1) is 18.4. The summed E-state index contributed by atoms with van der Waals surface area (Å²) in [5.41, 5.74) is 4.19. The molecule has 0 atom stereocenters. The largest absolute Gasteiger partial charge is 0.493 e. The number of amides is 1. The number of carbonyl (C=O) groups excluding carboxylic acids is 1. The molecule has 3 aromatic carbocycles. The minimum absolute atomic E-state index is 0.161. The molecule has 0 spiro atoms. The van der Waals surface area contributed by atoms with Crippen LogP contribution in [0.3, 0.4) is 0 Å². The number of piperidine rings is 1. The van der Waals surface area contributed by atoms with Crippen LogP contribution in [0.25, 0.3) is 22.5 Å². The monoisotopic (exact) mass is 510 g/mol. The number of ether oxygens (including phenoxy) is 1. The number of hydrogen-bond donors (Lipinski definition) is 1. The molecule has 38 heavy (non-hydrogen) atoms. The lowest BCUT2D eigenvalue weighted by Crippen LogP contribution is -2.39. The summed E-state index contributed by atoms with van der Waals surface area (Å²) in [4.78, 5) is 19.7. The van der Waals surface area contributed by atoms with Gasteiger partial charge < -0.3 is 19.5 Å². The second kappa shape index (κ2) is 11.6. The van der Waals surface area contributed by atoms with Gasteiger partial charge in [-0.15, -0.1) is 0 Å². The van der Waals surface area contributed by atoms with Crippen molar-refractivity contribution in [2.45, 2.75) is 39.7 Å². The molecular formula is C31H34N4O3. The molecule has 0 radical (unpaired) electrons. The molecule has 0 saturated carbocycles. The van der Waals surface area contributed by atoms with Crippen molar-refractivity contribution in [2.24, 2.45) is 5.92 Å². The molecule has 1 N–H and O–H groups in total. The van der Waals surface area contributed by atoms with Crippen LogP contribution >= 0.6 is 0 Å². The zero-order valence-corrected chi connectivity index (χ0v) is 22.2. The Labute approximate surface area is 223 Å². The van der Waals surface area contributed by atoms with E-state index in [4.69, 9.17) is 9.26 Å². The Balaban J connectivity index is 1.18. The summed E-state index contributed by atoms with van der Waals surface area (Å²) < 4.78 is 11.2. The van der Waals surface area contributed by atoms with Crippen LogP contribution < -0.4 is 10.1 Å². The smallest absolute Gasteiger partial charge is 0.255 e. The van der Waals surface area contributed by atoms with Crippen LogP contribution in [0, 0.1) is 12.8 Å². The normalized spacial score (nSPS) is 14.5. The van der Waals surface area contributed by atoms with Gasteiger partial charge in [-0.3, -0.25) is 4.79 Å². The first-order valence-corrected chi connectivity index (χ1v) is 13.2. The van der Waals surface area contributed by atoms with Crippen molar-refractivity contribution in [1.82, 2.24) is 15.0 Å². The molecule has 1 aromatic heterocycles. The van der Waals surface area contributed by atoms with E-state index in [1.54, 1.807) is 6.92 Å². The van der Waals surface area contributed by atoms with Gasteiger partial charge >= 0.3 is 0 Å². The van der Waals surface area contributed by atoms with Gasteiger partial charge in [-0.2, -0.15) is 4.98 Å². The van der Waals surface area contributed by atoms with E-state index in [1.165, 1.54) is 0 Å². The van der Waals surface area contributed by atoms with Crippen LogP contribution in [0.15, 0.2) is 77.3 Å². The molecule has 1 saturated heterocycles. The first kappa shape index (κ1) is 25.7. The van der Waals surface area contributed by atoms with Gasteiger partial charge in [0, 0.05) is 35.8 Å². The molecule has 7 heteroatoms. The van der Waals surface area contributed by atoms with Gasteiger partial charge in [0.05, 0.1) is 6.61 Å². The fourth-order valence-electron chi connectivity index (χ4n) is 4.79. The summed E-state index contributed by atoms with van der Waals surface area (Å²) in [5.74, 6) is 2.27. The number of rotatable bonds is 8. The fraction of sp³-hybridized carbons (Fsp3) is 0.323. The summed E-state index contributed by atoms with van der Waals surface area (Å²) in [6.07, 6.45) is 2.32. The zero-order valence-electron chi connectivity index (χ0n) is 22.2. The van der Waals surface area contributed by atoms with Crippen molar-refractivity contribution in [2.75, 3.05) is 25.0 Å². The maximum atomic E-state index is 12.9. The number of aromatic nitrogens is 2. The Morgan fingerprint density at radius 2 is 1.74 bits per heavy atom. The minimum atomic E-state index is -0.161. The van der Waals surface area contributed by atoms with Crippen LogP contribution in [0.4, 0.5) is 5.69 Å². The standard InChI is InChI=1S/C31H34N4O3/c1-21(2)35-16-14-23(15-17-35)20-37-29-9-5-8-28(19-29)33-31(36)25-12-10-24(11-13-25)26-6-4-7-27(18-26)30-32-22(3)38-34-30/h4-13,18-19,21,23H,14-17,20H2,1-3H3,(H,33,36). The van der Waals surface area contributed by atoms with Crippen molar-refractivity contribution < 1.29 is 14.1 Å². The van der Waals surface area contributed by atoms with Crippen LogP contribution in [0.1, 0.15) is 42.9 Å². The fourth-order valence-corrected chi connectivity index (χ4v) is 4.79. The predicted octanol–water partition coefficient (Wildman–Crippen LogP) is 6.46. The maximum absolute atomic E-state index is 12.9. The highest BCUT2D eigenvalue weighted by Crippen LogP contribution is 2.26. The van der Waals surface area contributed by atoms with Gasteiger partial charge in [-0.25, -0.2) is 0 Å². The summed E-state index contributed by atoms with van der Waals surface area (Å²) in [5, 5.41) is 6.99. The number of aryl methyl sites for hydroxylation is 1. The molecule has 2 heterocycles. The van der Waals surface area contributed by atoms with E-state index >= 15 is 0 Å². The first-order valence-electron chi connectivity index (χ1n) is 13.2. The lowest BCUT2D eigenvalue weighted by Gasteiger charge is -2.34. The van der Waals surface area contributed by atoms with Crippen LogP contribution in [-0.2, 0) is 0 Å². The second-order valence-corrected chi connectivity index (χ2v) is 10.2. The molecule has 1 amide bonds. The van der Waals surface area contributed by atoms with E-state index in [0.717, 1.165) is 48.4 Å². The van der Waals surface area contributed by atoms with Gasteiger partial charge in [0.2, 0.25) is 11.7 Å². The Bertz CT molecular complexity index is 1370. The Morgan fingerprint density at radius 3 is 2.45 bits per heavy atom. The molecule has 7 nitrogen and oxygen atoms in total. The van der Waals surface area contributed by atoms with E-state index in [9.17, 15) is 4.79 Å². The van der Waals surface area contributed by atoms with Gasteiger partial charge in [0.15, 0.2) is 0 Å². The highest BCUT2D eigenvalue weighted by atomic mass is 16.5. The Kier molecular flexibility index (Phi) is 7.84. The molecular weight excluding hydrogens is 476 g/mol. The zero-order chi connectivity index (χ0) is 26.5. The molecule has 0 bridgehead atoms. The quantitative estimate of drug-likeness (QED) is 0.293. The molecule has 4 aromatic rings. The number of likely N-dealkylation sites (tertiary alicyclic amines) is 1. The van der Waals surface area contributed by atoms with Crippen molar-refractivity contribution in [3.8, 4) is 28.3 Å². The van der Waals surface area contributed by atoms with E-state index in [0.29, 0.717) is 41.5 Å². The van der Waals surface area contributed by atoms with E-state index in [-0.39, 0.29) is 5.91 Å². The third-order valence-corrected chi connectivity index (χ3v) is 7.09. The molecule has 0 unspecified atom stereocenters. The van der Waals surface area contributed by atoms with Gasteiger partial charge in [-0.1, -0.05) is 41.6 Å². The Morgan fingerprint density at radius 1 is 1.00 bits per heavy atom. The number of anilines is 1. The summed E-state index contributed by atoms with van der Waals surface area (Å²) in [6.45, 7) is 9.24.